The third kappa shape index (κ3) is 4.74. The molecule has 2 nitrogen and oxygen atoms in total. The summed E-state index contributed by atoms with van der Waals surface area (Å²) in [6.07, 6.45) is 9.00. The molecule has 0 aliphatic heterocycles. The lowest BCUT2D eigenvalue weighted by atomic mass is 9.81. The topological polar surface area (TPSA) is 25.8 Å². The highest BCUT2D eigenvalue weighted by Crippen LogP contribution is 2.47. The van der Waals surface area contributed by atoms with E-state index in [9.17, 15) is 0 Å². The van der Waals surface area contributed by atoms with E-state index in [-0.39, 0.29) is 5.92 Å². The van der Waals surface area contributed by atoms with Crippen molar-refractivity contribution >= 4 is 75.7 Å². The summed E-state index contributed by atoms with van der Waals surface area (Å²) in [4.78, 5) is 11.1. The molecule has 1 aliphatic carbocycles. The van der Waals surface area contributed by atoms with E-state index >= 15 is 0 Å². The Morgan fingerprint density at radius 3 is 1.64 bits per heavy atom. The van der Waals surface area contributed by atoms with E-state index in [1.807, 2.05) is 0 Å². The van der Waals surface area contributed by atoms with Gasteiger partial charge in [-0.2, -0.15) is 0 Å². The van der Waals surface area contributed by atoms with Crippen LogP contribution in [0, 0.1) is 19.8 Å². The van der Waals surface area contributed by atoms with Gasteiger partial charge in [0.25, 0.3) is 0 Å². The van der Waals surface area contributed by atoms with Crippen LogP contribution in [-0.2, 0) is 0 Å². The number of benzene rings is 8. The van der Waals surface area contributed by atoms with Crippen LogP contribution in [0.25, 0.3) is 98.1 Å². The summed E-state index contributed by atoms with van der Waals surface area (Å²) in [5, 5.41) is 15.1. The van der Waals surface area contributed by atoms with Crippen LogP contribution < -0.4 is 0 Å². The van der Waals surface area contributed by atoms with Crippen LogP contribution in [0.15, 0.2) is 164 Å². The summed E-state index contributed by atoms with van der Waals surface area (Å²) in [6, 6.07) is 50.9. The van der Waals surface area contributed by atoms with Crippen LogP contribution in [0.3, 0.4) is 0 Å². The van der Waals surface area contributed by atoms with E-state index in [0.717, 1.165) is 33.5 Å². The molecule has 2 atom stereocenters. The van der Waals surface area contributed by atoms with Crippen molar-refractivity contribution in [3.05, 3.63) is 181 Å². The molecule has 0 bridgehead atoms. The number of aromatic nitrogens is 2. The van der Waals surface area contributed by atoms with Gasteiger partial charge in [-0.15, -0.1) is 0 Å². The van der Waals surface area contributed by atoms with Gasteiger partial charge in [0.1, 0.15) is 0 Å². The minimum Gasteiger partial charge on any atom is -0.252 e. The lowest BCUT2D eigenvalue weighted by molar-refractivity contribution is 0.626. The highest BCUT2D eigenvalue weighted by Gasteiger charge is 2.26. The number of hydrogen-bond acceptors (Lipinski definition) is 2. The third-order valence-electron chi connectivity index (χ3n) is 12.3. The van der Waals surface area contributed by atoms with E-state index in [1.54, 1.807) is 0 Å². The van der Waals surface area contributed by atoms with Gasteiger partial charge in [0.15, 0.2) is 0 Å². The Kier molecular flexibility index (Phi) is 7.06. The van der Waals surface area contributed by atoms with Crippen molar-refractivity contribution in [2.75, 3.05) is 0 Å². The first kappa shape index (κ1) is 31.8. The minimum absolute atomic E-state index is 0.182. The van der Waals surface area contributed by atoms with Crippen molar-refractivity contribution in [3.8, 4) is 22.4 Å². The van der Waals surface area contributed by atoms with Crippen molar-refractivity contribution < 1.29 is 0 Å². The summed E-state index contributed by atoms with van der Waals surface area (Å²) >= 11 is 0. The van der Waals surface area contributed by atoms with E-state index in [1.165, 1.54) is 81.3 Å². The van der Waals surface area contributed by atoms with Crippen LogP contribution in [0.4, 0.5) is 0 Å². The lowest BCUT2D eigenvalue weighted by Gasteiger charge is -2.25. The molecule has 0 radical (unpaired) electrons. The van der Waals surface area contributed by atoms with E-state index in [4.69, 9.17) is 9.97 Å². The molecule has 2 heterocycles. The van der Waals surface area contributed by atoms with Gasteiger partial charge in [-0.3, -0.25) is 4.98 Å². The number of aryl methyl sites for hydroxylation is 2. The highest BCUT2D eigenvalue weighted by atomic mass is 14.7. The molecule has 1 aliphatic rings. The summed E-state index contributed by atoms with van der Waals surface area (Å²) in [7, 11) is 0. The molecule has 8 aromatic carbocycles. The fourth-order valence-corrected chi connectivity index (χ4v) is 9.64. The highest BCUT2D eigenvalue weighted by molar-refractivity contribution is 6.26. The van der Waals surface area contributed by atoms with Crippen LogP contribution >= 0.6 is 0 Å². The van der Waals surface area contributed by atoms with Crippen molar-refractivity contribution in [1.29, 1.82) is 0 Å². The smallest absolute Gasteiger partial charge is 0.0791 e. The average Bonchev–Trinajstić information content (AvgIpc) is 3.24. The summed E-state index contributed by atoms with van der Waals surface area (Å²) < 4.78 is 0. The van der Waals surface area contributed by atoms with Crippen LogP contribution in [-0.4, -0.2) is 9.97 Å². The first-order valence-corrected chi connectivity index (χ1v) is 19.4. The zero-order chi connectivity index (χ0) is 36.8. The van der Waals surface area contributed by atoms with Crippen molar-refractivity contribution in [2.45, 2.75) is 26.7 Å². The molecule has 0 fully saturated rings. The number of hydrogen-bond donors (Lipinski definition) is 0. The molecule has 11 rings (SSSR count). The second-order valence-corrected chi connectivity index (χ2v) is 15.3. The average molecular weight is 703 g/mol. The SMILES string of the molecule is Cc1c2c(C3C=CC=CC3C)nc3ccccc3c2c(C)c2c(-c3ccccc3)nc3cc(-c4ccc5c6ccccc6c6ccccc6c5c4)ccc3c12. The number of allylic oxidation sites excluding steroid dienone is 4. The molecule has 0 saturated carbocycles. The van der Waals surface area contributed by atoms with Crippen LogP contribution in [0.5, 0.6) is 0 Å². The van der Waals surface area contributed by atoms with Crippen LogP contribution in [0.2, 0.25) is 0 Å². The maximum atomic E-state index is 5.59. The largest absolute Gasteiger partial charge is 0.252 e. The van der Waals surface area contributed by atoms with E-state index in [2.05, 4.69) is 185 Å². The zero-order valence-electron chi connectivity index (χ0n) is 31.1. The monoisotopic (exact) mass is 702 g/mol. The quantitative estimate of drug-likeness (QED) is 0.135. The predicted octanol–water partition coefficient (Wildman–Crippen LogP) is 14.3. The van der Waals surface area contributed by atoms with Gasteiger partial charge in [0, 0.05) is 33.0 Å². The fraction of sp³-hybridized carbons (Fsp3) is 0.0943. The molecule has 2 unspecified atom stereocenters. The Labute approximate surface area is 320 Å². The lowest BCUT2D eigenvalue weighted by Crippen LogP contribution is -2.11. The maximum absolute atomic E-state index is 5.59. The number of nitrogens with zero attached hydrogens (tertiary/aromatic N) is 2. The minimum atomic E-state index is 0.182. The first-order valence-electron chi connectivity index (χ1n) is 19.4. The van der Waals surface area contributed by atoms with Crippen LogP contribution in [0.1, 0.15) is 29.7 Å². The van der Waals surface area contributed by atoms with Gasteiger partial charge in [0.2, 0.25) is 0 Å². The second-order valence-electron chi connectivity index (χ2n) is 15.3. The molecule has 0 N–H and O–H groups in total. The van der Waals surface area contributed by atoms with E-state index in [0.29, 0.717) is 5.92 Å². The van der Waals surface area contributed by atoms with Crippen molar-refractivity contribution in [2.24, 2.45) is 5.92 Å². The van der Waals surface area contributed by atoms with Gasteiger partial charge in [0.05, 0.1) is 22.4 Å². The standard InChI is InChI=1S/C53H38N2/c1-31-15-7-8-18-37(31)53-51-33(3)49-44-28-26-36(35-25-27-42-40-21-10-9-19-38(40)39-20-11-12-22-41(39)45(42)29-35)30-47(44)55-52(34-16-5-4-6-17-34)50(49)32(2)48(51)43-23-13-14-24-46(43)54-53/h4-31,37H,1-3H3. The molecule has 2 aromatic heterocycles. The first-order chi connectivity index (χ1) is 27.0. The van der Waals surface area contributed by atoms with Crippen molar-refractivity contribution in [1.82, 2.24) is 9.97 Å². The number of pyridine rings is 2. The maximum Gasteiger partial charge on any atom is 0.0791 e. The number of para-hydroxylation sites is 1. The zero-order valence-corrected chi connectivity index (χ0v) is 31.1. The molecule has 10 aromatic rings. The normalized spacial score (nSPS) is 15.8. The van der Waals surface area contributed by atoms with Gasteiger partial charge in [-0.1, -0.05) is 153 Å². The number of fused-ring (bicyclic) bond motifs is 12. The predicted molar refractivity (Wildman–Crippen MR) is 235 cm³/mol. The molecule has 0 amide bonds. The van der Waals surface area contributed by atoms with Gasteiger partial charge < -0.3 is 0 Å². The molecule has 55 heavy (non-hydrogen) atoms. The Balaban J connectivity index is 1.23. The molecule has 2 heteroatoms. The van der Waals surface area contributed by atoms with E-state index < -0.39 is 0 Å². The Bertz CT molecular complexity index is 3260. The summed E-state index contributed by atoms with van der Waals surface area (Å²) in [6.45, 7) is 6.93. The molecule has 260 valence electrons. The van der Waals surface area contributed by atoms with Gasteiger partial charge >= 0.3 is 0 Å². The van der Waals surface area contributed by atoms with Gasteiger partial charge in [-0.25, -0.2) is 4.98 Å². The van der Waals surface area contributed by atoms with Gasteiger partial charge in [-0.05, 0) is 103 Å². The molecular formula is C53H38N2. The Hall–Kier alpha value is -6.64. The summed E-state index contributed by atoms with van der Waals surface area (Å²) in [5.74, 6) is 0.521. The number of rotatable bonds is 3. The molecular weight excluding hydrogens is 665 g/mol. The third-order valence-corrected chi connectivity index (χ3v) is 12.3. The molecule has 0 spiro atoms. The Morgan fingerprint density at radius 2 is 0.927 bits per heavy atom. The fourth-order valence-electron chi connectivity index (χ4n) is 9.64. The molecule has 0 saturated heterocycles. The van der Waals surface area contributed by atoms with Crippen molar-refractivity contribution in [3.63, 3.8) is 0 Å². The summed E-state index contributed by atoms with van der Waals surface area (Å²) in [5.41, 5.74) is 10.2. The second kappa shape index (κ2) is 12.2. The Morgan fingerprint density at radius 1 is 0.400 bits per heavy atom.